The number of thioether (sulfide) groups is 1. The van der Waals surface area contributed by atoms with Gasteiger partial charge in [0.15, 0.2) is 0 Å². The van der Waals surface area contributed by atoms with Gasteiger partial charge in [-0.1, -0.05) is 6.92 Å². The molecule has 0 spiro atoms. The minimum atomic E-state index is 0.559. The Morgan fingerprint density at radius 1 is 1.53 bits per heavy atom. The maximum Gasteiger partial charge on any atom is 0.105 e. The molecule has 1 aromatic heterocycles. The van der Waals surface area contributed by atoms with Gasteiger partial charge in [-0.15, -0.1) is 0 Å². The van der Waals surface area contributed by atoms with E-state index in [4.69, 9.17) is 4.42 Å². The van der Waals surface area contributed by atoms with Gasteiger partial charge >= 0.3 is 0 Å². The molecule has 15 heavy (non-hydrogen) atoms. The van der Waals surface area contributed by atoms with Gasteiger partial charge < -0.3 is 9.73 Å². The van der Waals surface area contributed by atoms with Crippen LogP contribution in [0.3, 0.4) is 0 Å². The van der Waals surface area contributed by atoms with Crippen molar-refractivity contribution in [2.45, 2.75) is 32.2 Å². The summed E-state index contributed by atoms with van der Waals surface area (Å²) in [5.74, 6) is 2.30. The van der Waals surface area contributed by atoms with Crippen LogP contribution >= 0.6 is 11.8 Å². The van der Waals surface area contributed by atoms with Crippen molar-refractivity contribution in [2.75, 3.05) is 18.6 Å². The molecule has 0 amide bonds. The molecule has 0 aliphatic heterocycles. The molecular formula is C12H21NOS. The Kier molecular flexibility index (Phi) is 6.60. The summed E-state index contributed by atoms with van der Waals surface area (Å²) in [6.45, 7) is 3.30. The molecule has 1 rings (SSSR count). The summed E-state index contributed by atoms with van der Waals surface area (Å²) in [6, 6.07) is 4.57. The van der Waals surface area contributed by atoms with E-state index in [-0.39, 0.29) is 0 Å². The van der Waals surface area contributed by atoms with Gasteiger partial charge in [0.2, 0.25) is 0 Å². The smallest absolute Gasteiger partial charge is 0.105 e. The van der Waals surface area contributed by atoms with Crippen molar-refractivity contribution >= 4 is 11.8 Å². The lowest BCUT2D eigenvalue weighted by Crippen LogP contribution is -2.32. The van der Waals surface area contributed by atoms with Crippen LogP contribution in [0.5, 0.6) is 0 Å². The molecule has 0 aliphatic carbocycles. The standard InChI is InChI=1S/C12H21NOS/c1-3-7-13-11(6-9-15-2)10-12-5-4-8-14-12/h4-5,8,11,13H,3,6-7,9-10H2,1-2H3. The first-order chi connectivity index (χ1) is 7.36. The summed E-state index contributed by atoms with van der Waals surface area (Å²) in [4.78, 5) is 0. The molecule has 0 radical (unpaired) electrons. The Balaban J connectivity index is 2.33. The lowest BCUT2D eigenvalue weighted by molar-refractivity contribution is 0.435. The van der Waals surface area contributed by atoms with Crippen molar-refractivity contribution < 1.29 is 4.42 Å². The molecule has 0 fully saturated rings. The fourth-order valence-corrected chi connectivity index (χ4v) is 2.08. The molecule has 1 aromatic rings. The fraction of sp³-hybridized carbons (Fsp3) is 0.667. The van der Waals surface area contributed by atoms with E-state index in [0.29, 0.717) is 6.04 Å². The Labute approximate surface area is 96.8 Å². The van der Waals surface area contributed by atoms with Crippen molar-refractivity contribution in [1.29, 1.82) is 0 Å². The zero-order valence-corrected chi connectivity index (χ0v) is 10.5. The predicted molar refractivity (Wildman–Crippen MR) is 67.5 cm³/mol. The second-order valence-corrected chi connectivity index (χ2v) is 4.70. The highest BCUT2D eigenvalue weighted by molar-refractivity contribution is 7.98. The van der Waals surface area contributed by atoms with Gasteiger partial charge in [-0.25, -0.2) is 0 Å². The monoisotopic (exact) mass is 227 g/mol. The normalized spacial score (nSPS) is 12.9. The second kappa shape index (κ2) is 7.83. The van der Waals surface area contributed by atoms with Gasteiger partial charge in [-0.2, -0.15) is 11.8 Å². The van der Waals surface area contributed by atoms with E-state index < -0.39 is 0 Å². The van der Waals surface area contributed by atoms with Crippen LogP contribution < -0.4 is 5.32 Å². The second-order valence-electron chi connectivity index (χ2n) is 3.72. The van der Waals surface area contributed by atoms with Gasteiger partial charge in [0.25, 0.3) is 0 Å². The molecule has 1 N–H and O–H groups in total. The molecule has 3 heteroatoms. The molecule has 0 bridgehead atoms. The number of rotatable bonds is 8. The van der Waals surface area contributed by atoms with E-state index >= 15 is 0 Å². The summed E-state index contributed by atoms with van der Waals surface area (Å²) >= 11 is 1.91. The van der Waals surface area contributed by atoms with Crippen molar-refractivity contribution in [1.82, 2.24) is 5.32 Å². The molecular weight excluding hydrogens is 206 g/mol. The molecule has 1 atom stereocenters. The van der Waals surface area contributed by atoms with Crippen molar-refractivity contribution in [3.8, 4) is 0 Å². The topological polar surface area (TPSA) is 25.2 Å². The van der Waals surface area contributed by atoms with E-state index in [2.05, 4.69) is 24.6 Å². The maximum atomic E-state index is 5.38. The largest absolute Gasteiger partial charge is 0.469 e. The molecule has 2 nitrogen and oxygen atoms in total. The number of hydrogen-bond donors (Lipinski definition) is 1. The molecule has 1 unspecified atom stereocenters. The van der Waals surface area contributed by atoms with Crippen LogP contribution in [0.1, 0.15) is 25.5 Å². The number of hydrogen-bond acceptors (Lipinski definition) is 3. The lowest BCUT2D eigenvalue weighted by Gasteiger charge is -2.16. The molecule has 0 aromatic carbocycles. The highest BCUT2D eigenvalue weighted by Gasteiger charge is 2.09. The third-order valence-corrected chi connectivity index (χ3v) is 3.03. The van der Waals surface area contributed by atoms with E-state index in [9.17, 15) is 0 Å². The Morgan fingerprint density at radius 2 is 2.40 bits per heavy atom. The fourth-order valence-electron chi connectivity index (χ4n) is 1.56. The van der Waals surface area contributed by atoms with Gasteiger partial charge in [0, 0.05) is 12.5 Å². The maximum absolute atomic E-state index is 5.38. The third kappa shape index (κ3) is 5.28. The minimum Gasteiger partial charge on any atom is -0.469 e. The first kappa shape index (κ1) is 12.7. The van der Waals surface area contributed by atoms with Crippen LogP contribution in [0, 0.1) is 0 Å². The van der Waals surface area contributed by atoms with E-state index in [1.165, 1.54) is 18.6 Å². The van der Waals surface area contributed by atoms with Crippen LogP contribution in [0.4, 0.5) is 0 Å². The van der Waals surface area contributed by atoms with Crippen molar-refractivity contribution in [3.05, 3.63) is 24.2 Å². The van der Waals surface area contributed by atoms with Crippen molar-refractivity contribution in [2.24, 2.45) is 0 Å². The highest BCUT2D eigenvalue weighted by atomic mass is 32.2. The highest BCUT2D eigenvalue weighted by Crippen LogP contribution is 2.09. The molecule has 0 saturated heterocycles. The van der Waals surface area contributed by atoms with E-state index in [0.717, 1.165) is 18.7 Å². The number of nitrogens with one attached hydrogen (secondary N) is 1. The minimum absolute atomic E-state index is 0.559. The zero-order valence-electron chi connectivity index (χ0n) is 9.66. The van der Waals surface area contributed by atoms with Crippen molar-refractivity contribution in [3.63, 3.8) is 0 Å². The first-order valence-electron chi connectivity index (χ1n) is 5.61. The molecule has 1 heterocycles. The van der Waals surface area contributed by atoms with Crippen LogP contribution in [0.2, 0.25) is 0 Å². The third-order valence-electron chi connectivity index (χ3n) is 2.38. The zero-order chi connectivity index (χ0) is 10.9. The quantitative estimate of drug-likeness (QED) is 0.739. The SMILES string of the molecule is CCCNC(CCSC)Cc1ccco1. The van der Waals surface area contributed by atoms with Gasteiger partial charge in [0.1, 0.15) is 5.76 Å². The van der Waals surface area contributed by atoms with Gasteiger partial charge in [-0.3, -0.25) is 0 Å². The van der Waals surface area contributed by atoms with E-state index in [1.807, 2.05) is 17.8 Å². The van der Waals surface area contributed by atoms with Crippen LogP contribution in [-0.4, -0.2) is 24.6 Å². The lowest BCUT2D eigenvalue weighted by atomic mass is 10.1. The first-order valence-corrected chi connectivity index (χ1v) is 7.01. The molecule has 86 valence electrons. The summed E-state index contributed by atoms with van der Waals surface area (Å²) in [6.07, 6.45) is 7.31. The Bertz CT molecular complexity index is 228. The van der Waals surface area contributed by atoms with Gasteiger partial charge in [-0.05, 0) is 43.5 Å². The average molecular weight is 227 g/mol. The predicted octanol–water partition coefficient (Wildman–Crippen LogP) is 2.94. The summed E-state index contributed by atoms with van der Waals surface area (Å²) in [5.41, 5.74) is 0. The summed E-state index contributed by atoms with van der Waals surface area (Å²) < 4.78 is 5.38. The van der Waals surface area contributed by atoms with Crippen LogP contribution in [-0.2, 0) is 6.42 Å². The van der Waals surface area contributed by atoms with Crippen LogP contribution in [0.25, 0.3) is 0 Å². The molecule has 0 saturated carbocycles. The van der Waals surface area contributed by atoms with Crippen LogP contribution in [0.15, 0.2) is 22.8 Å². The average Bonchev–Trinajstić information content (AvgIpc) is 2.74. The molecule has 0 aliphatic rings. The van der Waals surface area contributed by atoms with E-state index in [1.54, 1.807) is 6.26 Å². The van der Waals surface area contributed by atoms with Gasteiger partial charge in [0.05, 0.1) is 6.26 Å². The summed E-state index contributed by atoms with van der Waals surface area (Å²) in [5, 5.41) is 3.57. The number of furan rings is 1. The Morgan fingerprint density at radius 3 is 3.00 bits per heavy atom. The Hall–Kier alpha value is -0.410. The summed E-state index contributed by atoms with van der Waals surface area (Å²) in [7, 11) is 0.